The summed E-state index contributed by atoms with van der Waals surface area (Å²) in [5, 5.41) is 8.62. The van der Waals surface area contributed by atoms with Gasteiger partial charge in [0.15, 0.2) is 0 Å². The molecule has 0 aliphatic rings. The zero-order chi connectivity index (χ0) is 67.8. The summed E-state index contributed by atoms with van der Waals surface area (Å²) in [6, 6.07) is 0. The standard InChI is InChI=1S/C67H136O28/c1-2-3-4-5-6-7-8-9-10-11-12-14-69-16-18-71-20-22-73-24-26-75-28-30-77-32-34-79-36-38-81-40-42-83-44-46-85-48-50-87-52-54-89-56-58-91-60-62-93-64-66-95-67-65-94-63-61-92-59-57-90-55-53-88-51-49-86-47-45-84-43-41-82-39-37-80-35-33-78-31-29-76-27-25-74-23-21-72-19-17-70-15-13-68/h68H,2-67H2,1H3. The monoisotopic (exact) mass is 1390 g/mol. The number of hydrogen-bond donors (Lipinski definition) is 1. The van der Waals surface area contributed by atoms with Crippen LogP contribution in [-0.2, 0) is 128 Å². The van der Waals surface area contributed by atoms with Gasteiger partial charge in [-0.15, -0.1) is 0 Å². The van der Waals surface area contributed by atoms with E-state index >= 15 is 0 Å². The van der Waals surface area contributed by atoms with E-state index in [1.165, 1.54) is 64.2 Å². The lowest BCUT2D eigenvalue weighted by atomic mass is 10.1. The van der Waals surface area contributed by atoms with Gasteiger partial charge in [0.25, 0.3) is 0 Å². The molecule has 0 aliphatic heterocycles. The summed E-state index contributed by atoms with van der Waals surface area (Å²) in [6.07, 6.45) is 14.8. The summed E-state index contributed by atoms with van der Waals surface area (Å²) in [5.74, 6) is 0. The highest BCUT2D eigenvalue weighted by atomic mass is 16.6. The third kappa shape index (κ3) is 92.9. The molecule has 0 aliphatic carbocycles. The van der Waals surface area contributed by atoms with Gasteiger partial charge in [0.1, 0.15) is 0 Å². The van der Waals surface area contributed by atoms with Crippen LogP contribution in [0.4, 0.5) is 0 Å². The van der Waals surface area contributed by atoms with Crippen molar-refractivity contribution in [1.82, 2.24) is 0 Å². The van der Waals surface area contributed by atoms with E-state index in [1.54, 1.807) is 0 Å². The van der Waals surface area contributed by atoms with Gasteiger partial charge >= 0.3 is 0 Å². The molecule has 0 atom stereocenters. The molecule has 0 spiro atoms. The maximum absolute atomic E-state index is 8.62. The minimum atomic E-state index is 0.0175. The number of hydrogen-bond acceptors (Lipinski definition) is 28. The van der Waals surface area contributed by atoms with E-state index in [0.29, 0.717) is 350 Å². The molecule has 0 aromatic heterocycles. The number of aliphatic hydroxyl groups excluding tert-OH is 1. The predicted octanol–water partition coefficient (Wildman–Crippen LogP) is 4.74. The Labute approximate surface area is 572 Å². The molecule has 0 radical (unpaired) electrons. The average molecular weight is 1390 g/mol. The molecule has 0 heterocycles. The molecule has 95 heavy (non-hydrogen) atoms. The SMILES string of the molecule is CCCCCCCCCCCCCOCCOCCOCCOCCOCCOCCOCCOCCOCCOCCOCCOCCOCCOCCOCCOCCOCCOCCOCCOCCOCCOCCOCCOCCOCCOCCOCCO. The Hall–Kier alpha value is -1.12. The number of unbranched alkanes of at least 4 members (excludes halogenated alkanes) is 10. The van der Waals surface area contributed by atoms with Crippen molar-refractivity contribution in [3.8, 4) is 0 Å². The molecule has 0 bridgehead atoms. The fraction of sp³-hybridized carbons (Fsp3) is 1.00. The van der Waals surface area contributed by atoms with Gasteiger partial charge in [-0.05, 0) is 6.42 Å². The van der Waals surface area contributed by atoms with Crippen LogP contribution < -0.4 is 0 Å². The minimum Gasteiger partial charge on any atom is -0.394 e. The Kier molecular flexibility index (Phi) is 91.8. The molecule has 572 valence electrons. The van der Waals surface area contributed by atoms with Crippen molar-refractivity contribution in [3.05, 3.63) is 0 Å². The summed E-state index contributed by atoms with van der Waals surface area (Å²) in [7, 11) is 0. The first-order chi connectivity index (χ1) is 47.4. The largest absolute Gasteiger partial charge is 0.394 e. The summed E-state index contributed by atoms with van der Waals surface area (Å²) >= 11 is 0. The van der Waals surface area contributed by atoms with Crippen molar-refractivity contribution in [1.29, 1.82) is 0 Å². The number of aliphatic hydroxyl groups is 1. The molecule has 0 aromatic rings. The fourth-order valence-electron chi connectivity index (χ4n) is 7.75. The van der Waals surface area contributed by atoms with Crippen molar-refractivity contribution >= 4 is 0 Å². The quantitative estimate of drug-likeness (QED) is 0.0806. The molecular weight excluding hydrogens is 1250 g/mol. The maximum Gasteiger partial charge on any atom is 0.0701 e. The van der Waals surface area contributed by atoms with E-state index in [2.05, 4.69) is 6.92 Å². The topological polar surface area (TPSA) is 269 Å². The van der Waals surface area contributed by atoms with E-state index in [4.69, 9.17) is 133 Å². The molecule has 0 aromatic carbocycles. The minimum absolute atomic E-state index is 0.0175. The number of rotatable bonds is 92. The molecule has 0 rings (SSSR count). The summed E-state index contributed by atoms with van der Waals surface area (Å²) < 4.78 is 149. The highest BCUT2D eigenvalue weighted by molar-refractivity contribution is 4.49. The van der Waals surface area contributed by atoms with E-state index < -0.39 is 0 Å². The second-order valence-corrected chi connectivity index (χ2v) is 20.8. The molecular formula is C67H136O28. The van der Waals surface area contributed by atoms with Gasteiger partial charge < -0.3 is 133 Å². The lowest BCUT2D eigenvalue weighted by Crippen LogP contribution is -2.16. The van der Waals surface area contributed by atoms with Crippen molar-refractivity contribution in [2.75, 3.05) is 363 Å². The first kappa shape index (κ1) is 93.9. The first-order valence-corrected chi connectivity index (χ1v) is 35.6. The highest BCUT2D eigenvalue weighted by Gasteiger charge is 2.02. The van der Waals surface area contributed by atoms with Gasteiger partial charge in [-0.3, -0.25) is 0 Å². The Bertz CT molecular complexity index is 1210. The van der Waals surface area contributed by atoms with Gasteiger partial charge in [-0.2, -0.15) is 0 Å². The summed E-state index contributed by atoms with van der Waals surface area (Å²) in [6.45, 7) is 29.3. The second-order valence-electron chi connectivity index (χ2n) is 20.8. The molecule has 0 amide bonds. The van der Waals surface area contributed by atoms with Crippen LogP contribution in [0.5, 0.6) is 0 Å². The van der Waals surface area contributed by atoms with E-state index in [1.807, 2.05) is 0 Å². The average Bonchev–Trinajstić information content (AvgIpc) is 3.59. The smallest absolute Gasteiger partial charge is 0.0701 e. The Morgan fingerprint density at radius 3 is 0.326 bits per heavy atom. The Morgan fingerprint density at radius 2 is 0.211 bits per heavy atom. The van der Waals surface area contributed by atoms with Crippen LogP contribution in [-0.4, -0.2) is 368 Å². The van der Waals surface area contributed by atoms with Gasteiger partial charge in [0, 0.05) is 6.61 Å². The first-order valence-electron chi connectivity index (χ1n) is 35.6. The third-order valence-electron chi connectivity index (χ3n) is 12.8. The highest BCUT2D eigenvalue weighted by Crippen LogP contribution is 2.11. The lowest BCUT2D eigenvalue weighted by Gasteiger charge is -2.09. The predicted molar refractivity (Wildman–Crippen MR) is 356 cm³/mol. The van der Waals surface area contributed by atoms with E-state index in [0.717, 1.165) is 13.0 Å². The van der Waals surface area contributed by atoms with Crippen LogP contribution >= 0.6 is 0 Å². The van der Waals surface area contributed by atoms with Gasteiger partial charge in [0.2, 0.25) is 0 Å². The van der Waals surface area contributed by atoms with Gasteiger partial charge in [-0.25, -0.2) is 0 Å². The van der Waals surface area contributed by atoms with Crippen molar-refractivity contribution in [3.63, 3.8) is 0 Å². The molecule has 0 saturated carbocycles. The zero-order valence-electron chi connectivity index (χ0n) is 59.1. The molecule has 28 heteroatoms. The molecule has 28 nitrogen and oxygen atoms in total. The fourth-order valence-corrected chi connectivity index (χ4v) is 7.75. The summed E-state index contributed by atoms with van der Waals surface area (Å²) in [5.41, 5.74) is 0. The van der Waals surface area contributed by atoms with Crippen molar-refractivity contribution in [2.24, 2.45) is 0 Å². The Morgan fingerprint density at radius 1 is 0.116 bits per heavy atom. The molecule has 0 saturated heterocycles. The van der Waals surface area contributed by atoms with E-state index in [-0.39, 0.29) is 6.61 Å². The van der Waals surface area contributed by atoms with E-state index in [9.17, 15) is 0 Å². The Balaban J connectivity index is 3.09. The normalized spacial score (nSPS) is 11.8. The second kappa shape index (κ2) is 92.9. The van der Waals surface area contributed by atoms with Crippen LogP contribution in [0, 0.1) is 0 Å². The summed E-state index contributed by atoms with van der Waals surface area (Å²) in [4.78, 5) is 0. The van der Waals surface area contributed by atoms with Crippen molar-refractivity contribution in [2.45, 2.75) is 77.6 Å². The number of ether oxygens (including phenoxy) is 27. The molecule has 0 fully saturated rings. The van der Waals surface area contributed by atoms with Crippen molar-refractivity contribution < 1.29 is 133 Å². The van der Waals surface area contributed by atoms with Crippen LogP contribution in [0.25, 0.3) is 0 Å². The molecule has 0 unspecified atom stereocenters. The van der Waals surface area contributed by atoms with Crippen LogP contribution in [0.1, 0.15) is 77.6 Å². The van der Waals surface area contributed by atoms with Crippen LogP contribution in [0.2, 0.25) is 0 Å². The maximum atomic E-state index is 8.62. The van der Waals surface area contributed by atoms with Crippen LogP contribution in [0.15, 0.2) is 0 Å². The van der Waals surface area contributed by atoms with Gasteiger partial charge in [0.05, 0.1) is 357 Å². The zero-order valence-corrected chi connectivity index (χ0v) is 59.1. The lowest BCUT2D eigenvalue weighted by molar-refractivity contribution is -0.0323. The molecule has 1 N–H and O–H groups in total. The van der Waals surface area contributed by atoms with Gasteiger partial charge in [-0.1, -0.05) is 71.1 Å². The third-order valence-corrected chi connectivity index (χ3v) is 12.8. The van der Waals surface area contributed by atoms with Crippen LogP contribution in [0.3, 0.4) is 0 Å².